The predicted octanol–water partition coefficient (Wildman–Crippen LogP) is 1.39. The molecule has 1 aliphatic rings. The normalized spacial score (nSPS) is 24.3. The number of nitrogens with zero attached hydrogens (tertiary/aromatic N) is 2. The maximum absolute atomic E-state index is 12.3. The summed E-state index contributed by atoms with van der Waals surface area (Å²) in [5.74, 6) is -0.105. The Morgan fingerprint density at radius 2 is 2.05 bits per heavy atom. The van der Waals surface area contributed by atoms with Crippen LogP contribution in [0.4, 0.5) is 0 Å². The van der Waals surface area contributed by atoms with Crippen LogP contribution in [0.1, 0.15) is 35.8 Å². The van der Waals surface area contributed by atoms with Gasteiger partial charge in [-0.15, -0.1) is 11.3 Å². The lowest BCUT2D eigenvalue weighted by molar-refractivity contribution is -0.135. The Hall–Kier alpha value is -1.43. The molecular weight excluding hydrogens is 262 g/mol. The van der Waals surface area contributed by atoms with E-state index in [1.54, 1.807) is 23.2 Å². The third-order valence-corrected chi connectivity index (χ3v) is 4.48. The van der Waals surface area contributed by atoms with Gasteiger partial charge in [0.05, 0.1) is 12.2 Å². The summed E-state index contributed by atoms with van der Waals surface area (Å²) in [5.41, 5.74) is 1.01. The molecule has 2 rings (SSSR count). The molecule has 2 unspecified atom stereocenters. The number of carbonyl (C=O) groups is 2. The van der Waals surface area contributed by atoms with Crippen molar-refractivity contribution < 1.29 is 9.59 Å². The molecule has 0 bridgehead atoms. The van der Waals surface area contributed by atoms with Gasteiger partial charge in [0.2, 0.25) is 11.8 Å². The molecule has 1 fully saturated rings. The highest BCUT2D eigenvalue weighted by Crippen LogP contribution is 2.21. The molecule has 19 heavy (non-hydrogen) atoms. The fourth-order valence-corrected chi connectivity index (χ4v) is 3.13. The summed E-state index contributed by atoms with van der Waals surface area (Å²) >= 11 is 1.61. The second kappa shape index (κ2) is 5.28. The molecule has 5 nitrogen and oxygen atoms in total. The van der Waals surface area contributed by atoms with Gasteiger partial charge >= 0.3 is 0 Å². The average molecular weight is 281 g/mol. The lowest BCUT2D eigenvalue weighted by atomic mass is 10.2. The minimum atomic E-state index is -0.459. The summed E-state index contributed by atoms with van der Waals surface area (Å²) in [4.78, 5) is 31.3. The van der Waals surface area contributed by atoms with Gasteiger partial charge in [-0.05, 0) is 27.7 Å². The lowest BCUT2D eigenvalue weighted by Crippen LogP contribution is -2.44. The molecule has 104 valence electrons. The van der Waals surface area contributed by atoms with Gasteiger partial charge in [-0.2, -0.15) is 0 Å². The molecule has 2 heterocycles. The van der Waals surface area contributed by atoms with E-state index in [0.29, 0.717) is 13.0 Å². The Morgan fingerprint density at radius 1 is 1.37 bits per heavy atom. The molecule has 2 atom stereocenters. The minimum absolute atomic E-state index is 0.0381. The number of thiazole rings is 1. The zero-order valence-corrected chi connectivity index (χ0v) is 12.5. The Labute approximate surface area is 117 Å². The molecule has 1 aromatic heterocycles. The molecular formula is C13H19N3O2S. The van der Waals surface area contributed by atoms with Crippen LogP contribution in [0.25, 0.3) is 0 Å². The first kappa shape index (κ1) is 14.0. The molecule has 0 radical (unpaired) electrons. The Kier molecular flexibility index (Phi) is 3.89. The van der Waals surface area contributed by atoms with Crippen LogP contribution in [0.5, 0.6) is 0 Å². The van der Waals surface area contributed by atoms with Crippen molar-refractivity contribution in [3.63, 3.8) is 0 Å². The first-order valence-electron chi connectivity index (χ1n) is 6.41. The van der Waals surface area contributed by atoms with Crippen LogP contribution in [-0.2, 0) is 16.1 Å². The third kappa shape index (κ3) is 2.94. The summed E-state index contributed by atoms with van der Waals surface area (Å²) in [5, 5.41) is 3.63. The zero-order chi connectivity index (χ0) is 14.2. The Balaban J connectivity index is 2.20. The fraction of sp³-hybridized carbons (Fsp3) is 0.615. The highest BCUT2D eigenvalue weighted by molar-refractivity contribution is 7.11. The zero-order valence-electron chi connectivity index (χ0n) is 11.7. The first-order chi connectivity index (χ1) is 8.88. The number of hydrogen-bond acceptors (Lipinski definition) is 4. The van der Waals surface area contributed by atoms with Crippen molar-refractivity contribution in [3.8, 4) is 0 Å². The molecule has 0 aliphatic carbocycles. The van der Waals surface area contributed by atoms with Gasteiger partial charge in [-0.25, -0.2) is 4.98 Å². The lowest BCUT2D eigenvalue weighted by Gasteiger charge is -2.26. The molecule has 6 heteroatoms. The summed E-state index contributed by atoms with van der Waals surface area (Å²) < 4.78 is 0. The van der Waals surface area contributed by atoms with Crippen LogP contribution >= 0.6 is 11.3 Å². The molecule has 0 spiro atoms. The van der Waals surface area contributed by atoms with E-state index in [1.165, 1.54) is 4.88 Å². The van der Waals surface area contributed by atoms with Gasteiger partial charge in [0, 0.05) is 17.3 Å². The van der Waals surface area contributed by atoms with Gasteiger partial charge in [-0.1, -0.05) is 0 Å². The summed E-state index contributed by atoms with van der Waals surface area (Å²) in [6.45, 7) is 8.11. The van der Waals surface area contributed by atoms with Crippen molar-refractivity contribution in [1.29, 1.82) is 0 Å². The summed E-state index contributed by atoms with van der Waals surface area (Å²) in [6, 6.07) is -0.554. The Morgan fingerprint density at radius 3 is 2.63 bits per heavy atom. The maximum atomic E-state index is 12.3. The topological polar surface area (TPSA) is 62.3 Å². The van der Waals surface area contributed by atoms with Gasteiger partial charge in [-0.3, -0.25) is 9.59 Å². The van der Waals surface area contributed by atoms with Crippen molar-refractivity contribution in [1.82, 2.24) is 15.2 Å². The largest absolute Gasteiger partial charge is 0.345 e. The molecule has 2 amide bonds. The van der Waals surface area contributed by atoms with Gasteiger partial charge in [0.1, 0.15) is 11.0 Å². The second-order valence-corrected chi connectivity index (χ2v) is 6.35. The monoisotopic (exact) mass is 281 g/mol. The Bertz CT molecular complexity index is 492. The molecule has 1 aromatic rings. The van der Waals surface area contributed by atoms with E-state index >= 15 is 0 Å². The van der Waals surface area contributed by atoms with E-state index in [2.05, 4.69) is 10.3 Å². The van der Waals surface area contributed by atoms with Crippen molar-refractivity contribution >= 4 is 23.2 Å². The van der Waals surface area contributed by atoms with E-state index in [-0.39, 0.29) is 17.9 Å². The number of amides is 2. The van der Waals surface area contributed by atoms with Crippen LogP contribution < -0.4 is 5.32 Å². The van der Waals surface area contributed by atoms with Gasteiger partial charge in [0.15, 0.2) is 0 Å². The number of nitrogens with one attached hydrogen (secondary N) is 1. The van der Waals surface area contributed by atoms with Gasteiger partial charge in [0.25, 0.3) is 0 Å². The smallest absolute Gasteiger partial charge is 0.245 e. The van der Waals surface area contributed by atoms with E-state index in [9.17, 15) is 9.59 Å². The highest BCUT2D eigenvalue weighted by Gasteiger charge is 2.31. The van der Waals surface area contributed by atoms with Crippen molar-refractivity contribution in [2.45, 2.75) is 52.7 Å². The predicted molar refractivity (Wildman–Crippen MR) is 73.8 cm³/mol. The minimum Gasteiger partial charge on any atom is -0.345 e. The van der Waals surface area contributed by atoms with Crippen LogP contribution in [0, 0.1) is 13.8 Å². The van der Waals surface area contributed by atoms with E-state index in [4.69, 9.17) is 0 Å². The van der Waals surface area contributed by atoms with E-state index < -0.39 is 6.04 Å². The molecule has 0 saturated carbocycles. The summed E-state index contributed by atoms with van der Waals surface area (Å²) in [6.07, 6.45) is 0.347. The number of carbonyl (C=O) groups excluding carboxylic acids is 2. The number of aromatic nitrogens is 1. The maximum Gasteiger partial charge on any atom is 0.245 e. The molecule has 1 aliphatic heterocycles. The second-order valence-electron chi connectivity index (χ2n) is 5.06. The first-order valence-corrected chi connectivity index (χ1v) is 7.23. The number of rotatable bonds is 2. The fourth-order valence-electron chi connectivity index (χ4n) is 2.19. The van der Waals surface area contributed by atoms with Crippen molar-refractivity contribution in [2.24, 2.45) is 0 Å². The number of hydrogen-bond donors (Lipinski definition) is 1. The van der Waals surface area contributed by atoms with Crippen LogP contribution in [0.2, 0.25) is 0 Å². The van der Waals surface area contributed by atoms with Crippen LogP contribution in [0.15, 0.2) is 0 Å². The van der Waals surface area contributed by atoms with Crippen molar-refractivity contribution in [3.05, 3.63) is 15.6 Å². The third-order valence-electron chi connectivity index (χ3n) is 3.42. The van der Waals surface area contributed by atoms with Crippen molar-refractivity contribution in [2.75, 3.05) is 0 Å². The van der Waals surface area contributed by atoms with Gasteiger partial charge < -0.3 is 10.2 Å². The standard InChI is InChI=1S/C13H19N3O2S/c1-7-5-11(17)14-9(3)13(18)16(7)6-12-15-8(2)10(4)19-12/h7,9H,5-6H2,1-4H3,(H,14,17). The van der Waals surface area contributed by atoms with E-state index in [1.807, 2.05) is 20.8 Å². The van der Waals surface area contributed by atoms with E-state index in [0.717, 1.165) is 10.7 Å². The molecule has 1 N–H and O–H groups in total. The number of aryl methyl sites for hydroxylation is 2. The average Bonchev–Trinajstić information content (AvgIpc) is 2.59. The quantitative estimate of drug-likeness (QED) is 0.891. The molecule has 1 saturated heterocycles. The highest BCUT2D eigenvalue weighted by atomic mass is 32.1. The van der Waals surface area contributed by atoms with Crippen LogP contribution in [0.3, 0.4) is 0 Å². The molecule has 0 aromatic carbocycles. The summed E-state index contributed by atoms with van der Waals surface area (Å²) in [7, 11) is 0. The SMILES string of the molecule is Cc1nc(CN2C(=O)C(C)NC(=O)CC2C)sc1C. The van der Waals surface area contributed by atoms with Crippen LogP contribution in [-0.4, -0.2) is 33.8 Å².